The van der Waals surface area contributed by atoms with E-state index < -0.39 is 43.5 Å². The van der Waals surface area contributed by atoms with E-state index in [-0.39, 0.29) is 11.5 Å². The summed E-state index contributed by atoms with van der Waals surface area (Å²) in [7, 11) is -4.61. The summed E-state index contributed by atoms with van der Waals surface area (Å²) in [6.07, 6.45) is -4.22. The Bertz CT molecular complexity index is 1090. The quantitative estimate of drug-likeness (QED) is 0.747. The smallest absolute Gasteiger partial charge is 0.359 e. The van der Waals surface area contributed by atoms with Crippen LogP contribution < -0.4 is 10.3 Å². The summed E-state index contributed by atoms with van der Waals surface area (Å²) < 4.78 is 70.1. The first-order chi connectivity index (χ1) is 13.5. The van der Waals surface area contributed by atoms with Crippen molar-refractivity contribution in [2.24, 2.45) is 5.10 Å². The van der Waals surface area contributed by atoms with E-state index in [1.54, 1.807) is 20.8 Å². The number of aromatic nitrogens is 1. The van der Waals surface area contributed by atoms with Crippen LogP contribution in [-0.2, 0) is 27.2 Å². The Morgan fingerprint density at radius 2 is 1.97 bits per heavy atom. The van der Waals surface area contributed by atoms with Crippen molar-refractivity contribution in [3.05, 3.63) is 35.6 Å². The number of amides is 1. The number of hydrogen-bond donors (Lipinski definition) is 1. The maximum Gasteiger partial charge on any atom is 0.416 e. The Kier molecular flexibility index (Phi) is 5.15. The zero-order valence-electron chi connectivity index (χ0n) is 15.6. The van der Waals surface area contributed by atoms with Gasteiger partial charge in [-0.3, -0.25) is 10.2 Å². The normalized spacial score (nSPS) is 17.7. The molecule has 0 atom stereocenters. The highest BCUT2D eigenvalue weighted by Gasteiger charge is 2.44. The molecular weight excluding hydrogens is 413 g/mol. The number of hydrogen-bond acceptors (Lipinski definition) is 7. The molecule has 0 bridgehead atoms. The van der Waals surface area contributed by atoms with Crippen LogP contribution in [0.3, 0.4) is 0 Å². The Morgan fingerprint density at radius 3 is 2.52 bits per heavy atom. The van der Waals surface area contributed by atoms with Gasteiger partial charge in [0.1, 0.15) is 5.76 Å². The maximum absolute atomic E-state index is 13.1. The number of sulfone groups is 1. The lowest BCUT2D eigenvalue weighted by Crippen LogP contribution is -2.48. The molecule has 29 heavy (non-hydrogen) atoms. The van der Waals surface area contributed by atoms with Crippen molar-refractivity contribution in [2.45, 2.75) is 44.3 Å². The third-order valence-corrected chi connectivity index (χ3v) is 5.87. The lowest BCUT2D eigenvalue weighted by molar-refractivity contribution is -0.137. The molecule has 1 aromatic heterocycles. The topological polar surface area (TPSA) is 105 Å². The molecular formula is C17H17F3N4O4S. The number of carbonyl (C=O) groups is 1. The van der Waals surface area contributed by atoms with E-state index in [0.717, 1.165) is 17.0 Å². The van der Waals surface area contributed by atoms with Gasteiger partial charge in [-0.2, -0.15) is 18.3 Å². The minimum Gasteiger partial charge on any atom is -0.359 e. The third kappa shape index (κ3) is 3.71. The fourth-order valence-electron chi connectivity index (χ4n) is 2.80. The molecule has 12 heteroatoms. The Morgan fingerprint density at radius 1 is 1.28 bits per heavy atom. The SMILES string of the molecule is CCc1cc(NN=C2C(=O)N(C(C)C)c3ccc(C(F)(F)F)cc3S2(=O)=O)no1. The number of carbonyl (C=O) groups excluding carboxylic acids is 1. The molecule has 0 radical (unpaired) electrons. The first kappa shape index (κ1) is 20.8. The van der Waals surface area contributed by atoms with Crippen LogP contribution in [0, 0.1) is 0 Å². The van der Waals surface area contributed by atoms with Crippen LogP contribution in [0.15, 0.2) is 38.8 Å². The van der Waals surface area contributed by atoms with Gasteiger partial charge >= 0.3 is 6.18 Å². The minimum absolute atomic E-state index is 0.0586. The second-order valence-electron chi connectivity index (χ2n) is 6.51. The summed E-state index contributed by atoms with van der Waals surface area (Å²) in [4.78, 5) is 13.3. The average Bonchev–Trinajstić information content (AvgIpc) is 3.08. The van der Waals surface area contributed by atoms with Crippen LogP contribution in [0.1, 0.15) is 32.1 Å². The number of nitrogens with one attached hydrogen (secondary N) is 1. The molecule has 8 nitrogen and oxygen atoms in total. The highest BCUT2D eigenvalue weighted by molar-refractivity contribution is 8.08. The van der Waals surface area contributed by atoms with E-state index in [1.807, 2.05) is 0 Å². The zero-order chi connectivity index (χ0) is 21.6. The van der Waals surface area contributed by atoms with Gasteiger partial charge in [0, 0.05) is 18.5 Å². The van der Waals surface area contributed by atoms with Crippen molar-refractivity contribution in [1.82, 2.24) is 5.16 Å². The van der Waals surface area contributed by atoms with Gasteiger partial charge in [-0.25, -0.2) is 8.42 Å². The van der Waals surface area contributed by atoms with Gasteiger partial charge in [-0.15, -0.1) is 0 Å². The van der Waals surface area contributed by atoms with Gasteiger partial charge in [0.25, 0.3) is 5.91 Å². The first-order valence-electron chi connectivity index (χ1n) is 8.56. The Balaban J connectivity index is 2.14. The van der Waals surface area contributed by atoms with Crippen LogP contribution in [-0.4, -0.2) is 30.6 Å². The van der Waals surface area contributed by atoms with Crippen LogP contribution >= 0.6 is 0 Å². The molecule has 0 spiro atoms. The molecule has 0 saturated carbocycles. The van der Waals surface area contributed by atoms with E-state index in [9.17, 15) is 26.4 Å². The molecule has 1 aliphatic heterocycles. The molecule has 1 aromatic carbocycles. The maximum atomic E-state index is 13.1. The average molecular weight is 430 g/mol. The molecule has 0 saturated heterocycles. The highest BCUT2D eigenvalue weighted by atomic mass is 32.2. The molecule has 1 aliphatic rings. The number of fused-ring (bicyclic) bond motifs is 1. The largest absolute Gasteiger partial charge is 0.416 e. The van der Waals surface area contributed by atoms with Crippen LogP contribution in [0.2, 0.25) is 0 Å². The predicted molar refractivity (Wildman–Crippen MR) is 98.2 cm³/mol. The van der Waals surface area contributed by atoms with E-state index in [0.29, 0.717) is 18.2 Å². The van der Waals surface area contributed by atoms with Gasteiger partial charge in [0.15, 0.2) is 5.82 Å². The molecule has 1 amide bonds. The third-order valence-electron chi connectivity index (χ3n) is 4.19. The number of benzene rings is 1. The summed E-state index contributed by atoms with van der Waals surface area (Å²) in [6, 6.07) is 3.15. The molecule has 0 aliphatic carbocycles. The number of anilines is 2. The first-order valence-corrected chi connectivity index (χ1v) is 10.0. The standard InChI is InChI=1S/C17H17F3N4O4S/c1-4-11-8-14(23-28-11)21-22-15-16(25)24(9(2)3)12-6-5-10(17(18,19)20)7-13(12)29(15,26)27/h5-9H,4H2,1-3H3,(H,21,23). The van der Waals surface area contributed by atoms with Crippen LogP contribution in [0.25, 0.3) is 0 Å². The van der Waals surface area contributed by atoms with E-state index in [2.05, 4.69) is 15.7 Å². The molecule has 3 rings (SSSR count). The van der Waals surface area contributed by atoms with Gasteiger partial charge in [0.2, 0.25) is 14.9 Å². The van der Waals surface area contributed by atoms with Crippen molar-refractivity contribution in [1.29, 1.82) is 0 Å². The van der Waals surface area contributed by atoms with Crippen molar-refractivity contribution in [3.8, 4) is 0 Å². The number of aryl methyl sites for hydroxylation is 1. The second-order valence-corrected chi connectivity index (χ2v) is 8.35. The second kappa shape index (κ2) is 7.17. The molecule has 0 unspecified atom stereocenters. The zero-order valence-corrected chi connectivity index (χ0v) is 16.4. The number of alkyl halides is 3. The molecule has 156 valence electrons. The van der Waals surface area contributed by atoms with E-state index in [1.165, 1.54) is 6.07 Å². The van der Waals surface area contributed by atoms with Crippen molar-refractivity contribution in [2.75, 3.05) is 10.3 Å². The Labute approximate surface area is 164 Å². The van der Waals surface area contributed by atoms with E-state index >= 15 is 0 Å². The number of rotatable bonds is 4. The van der Waals surface area contributed by atoms with Gasteiger partial charge in [-0.05, 0) is 32.0 Å². The molecule has 2 heterocycles. The molecule has 0 fully saturated rings. The highest BCUT2D eigenvalue weighted by Crippen LogP contribution is 2.38. The van der Waals surface area contributed by atoms with Crippen molar-refractivity contribution < 1.29 is 30.9 Å². The number of nitrogens with zero attached hydrogens (tertiary/aromatic N) is 3. The monoisotopic (exact) mass is 430 g/mol. The van der Waals surface area contributed by atoms with Crippen molar-refractivity contribution >= 4 is 32.3 Å². The lowest BCUT2D eigenvalue weighted by atomic mass is 10.1. The van der Waals surface area contributed by atoms with Crippen molar-refractivity contribution in [3.63, 3.8) is 0 Å². The van der Waals surface area contributed by atoms with Gasteiger partial charge in [-0.1, -0.05) is 12.1 Å². The summed E-state index contributed by atoms with van der Waals surface area (Å²) >= 11 is 0. The summed E-state index contributed by atoms with van der Waals surface area (Å²) in [5.74, 6) is -0.406. The summed E-state index contributed by atoms with van der Waals surface area (Å²) in [5, 5.41) is 6.34. The number of halogens is 3. The molecule has 2 aromatic rings. The minimum atomic E-state index is -4.75. The lowest BCUT2D eigenvalue weighted by Gasteiger charge is -2.33. The van der Waals surface area contributed by atoms with Gasteiger partial charge < -0.3 is 9.42 Å². The van der Waals surface area contributed by atoms with E-state index in [4.69, 9.17) is 4.52 Å². The molecule has 1 N–H and O–H groups in total. The fourth-order valence-corrected chi connectivity index (χ4v) is 4.22. The fraction of sp³-hybridized carbons (Fsp3) is 0.353. The van der Waals surface area contributed by atoms with Crippen LogP contribution in [0.4, 0.5) is 24.7 Å². The Hall–Kier alpha value is -2.89. The summed E-state index contributed by atoms with van der Waals surface area (Å²) in [6.45, 7) is 5.02. The predicted octanol–water partition coefficient (Wildman–Crippen LogP) is 3.21. The van der Waals surface area contributed by atoms with Crippen LogP contribution in [0.5, 0.6) is 0 Å². The number of hydrazone groups is 1. The van der Waals surface area contributed by atoms with Gasteiger partial charge in [0.05, 0.1) is 16.1 Å². The summed E-state index contributed by atoms with van der Waals surface area (Å²) in [5.41, 5.74) is 1.05.